The number of hydrogen-bond donors (Lipinski definition) is 3. The van der Waals surface area contributed by atoms with Crippen molar-refractivity contribution in [1.82, 2.24) is 16.0 Å². The van der Waals surface area contributed by atoms with Gasteiger partial charge in [0.1, 0.15) is 6.04 Å². The molecular formula is C13H25N3O2S. The maximum absolute atomic E-state index is 11.7. The van der Waals surface area contributed by atoms with Gasteiger partial charge >= 0.3 is 0 Å². The highest BCUT2D eigenvalue weighted by atomic mass is 32.2. The summed E-state index contributed by atoms with van der Waals surface area (Å²) in [5.41, 5.74) is 0. The lowest BCUT2D eigenvalue weighted by atomic mass is 10.2. The Kier molecular flexibility index (Phi) is 7.90. The summed E-state index contributed by atoms with van der Waals surface area (Å²) < 4.78 is 0. The van der Waals surface area contributed by atoms with Crippen molar-refractivity contribution in [3.8, 4) is 0 Å². The van der Waals surface area contributed by atoms with E-state index in [1.54, 1.807) is 18.7 Å². The zero-order chi connectivity index (χ0) is 14.1. The Labute approximate surface area is 119 Å². The maximum atomic E-state index is 11.7. The third-order valence-electron chi connectivity index (χ3n) is 3.06. The normalized spacial score (nSPS) is 17.8. The van der Waals surface area contributed by atoms with Crippen LogP contribution in [0.2, 0.25) is 0 Å². The third-order valence-corrected chi connectivity index (χ3v) is 4.43. The molecule has 0 aromatic heterocycles. The van der Waals surface area contributed by atoms with Gasteiger partial charge in [-0.25, -0.2) is 0 Å². The molecule has 1 heterocycles. The topological polar surface area (TPSA) is 70.2 Å². The molecule has 0 spiro atoms. The Bertz CT molecular complexity index is 294. The van der Waals surface area contributed by atoms with E-state index in [1.807, 2.05) is 6.92 Å². The summed E-state index contributed by atoms with van der Waals surface area (Å²) in [6, 6.07) is -0.451. The van der Waals surface area contributed by atoms with Gasteiger partial charge in [-0.15, -0.1) is 11.8 Å². The second kappa shape index (κ2) is 9.20. The molecule has 19 heavy (non-hydrogen) atoms. The van der Waals surface area contributed by atoms with Crippen molar-refractivity contribution in [3.05, 3.63) is 0 Å². The Hall–Kier alpha value is -0.750. The van der Waals surface area contributed by atoms with E-state index in [0.717, 1.165) is 32.4 Å². The number of carbonyl (C=O) groups excluding carboxylic acids is 2. The first-order valence-corrected chi connectivity index (χ1v) is 8.07. The molecule has 1 aliphatic heterocycles. The van der Waals surface area contributed by atoms with Gasteiger partial charge in [0.05, 0.1) is 5.75 Å². The van der Waals surface area contributed by atoms with Crippen LogP contribution in [-0.2, 0) is 9.59 Å². The zero-order valence-corrected chi connectivity index (χ0v) is 12.6. The van der Waals surface area contributed by atoms with E-state index in [9.17, 15) is 9.59 Å². The van der Waals surface area contributed by atoms with E-state index in [-0.39, 0.29) is 11.8 Å². The molecule has 1 unspecified atom stereocenters. The molecule has 2 amide bonds. The van der Waals surface area contributed by atoms with Crippen LogP contribution in [0.5, 0.6) is 0 Å². The highest BCUT2D eigenvalue weighted by molar-refractivity contribution is 8.00. The van der Waals surface area contributed by atoms with Gasteiger partial charge in [-0.3, -0.25) is 9.59 Å². The standard InChI is InChI=1S/C13H25N3O2S/c1-3-6-15-13(18)10(2)16-12(17)9-19-11-4-7-14-8-5-11/h10-11,14H,3-9H2,1-2H3,(H,15,18)(H,16,17). The van der Waals surface area contributed by atoms with Gasteiger partial charge in [-0.1, -0.05) is 6.92 Å². The summed E-state index contributed by atoms with van der Waals surface area (Å²) in [6.45, 7) is 6.45. The first-order valence-electron chi connectivity index (χ1n) is 7.03. The average molecular weight is 287 g/mol. The molecule has 6 heteroatoms. The molecule has 0 aromatic carbocycles. The van der Waals surface area contributed by atoms with Gasteiger partial charge in [0, 0.05) is 11.8 Å². The van der Waals surface area contributed by atoms with Crippen molar-refractivity contribution < 1.29 is 9.59 Å². The predicted molar refractivity (Wildman–Crippen MR) is 79.3 cm³/mol. The summed E-state index contributed by atoms with van der Waals surface area (Å²) in [4.78, 5) is 23.3. The average Bonchev–Trinajstić information content (AvgIpc) is 2.43. The van der Waals surface area contributed by atoms with Crippen molar-refractivity contribution in [3.63, 3.8) is 0 Å². The van der Waals surface area contributed by atoms with Crippen LogP contribution in [0.3, 0.4) is 0 Å². The van der Waals surface area contributed by atoms with Crippen molar-refractivity contribution in [2.45, 2.75) is 44.4 Å². The summed E-state index contributed by atoms with van der Waals surface area (Å²) in [5.74, 6) is 0.278. The van der Waals surface area contributed by atoms with Crippen LogP contribution >= 0.6 is 11.8 Å². The van der Waals surface area contributed by atoms with Crippen molar-refractivity contribution in [2.24, 2.45) is 0 Å². The van der Waals surface area contributed by atoms with Crippen LogP contribution in [0.25, 0.3) is 0 Å². The van der Waals surface area contributed by atoms with E-state index in [2.05, 4.69) is 16.0 Å². The minimum absolute atomic E-state index is 0.0531. The predicted octanol–water partition coefficient (Wildman–Crippen LogP) is 0.503. The first-order chi connectivity index (χ1) is 9.13. The number of thioether (sulfide) groups is 1. The quantitative estimate of drug-likeness (QED) is 0.638. The lowest BCUT2D eigenvalue weighted by Crippen LogP contribution is -2.45. The van der Waals surface area contributed by atoms with Gasteiger partial charge in [-0.2, -0.15) is 0 Å². The molecule has 1 saturated heterocycles. The second-order valence-corrected chi connectivity index (χ2v) is 6.13. The van der Waals surface area contributed by atoms with Crippen LogP contribution in [0.4, 0.5) is 0 Å². The molecule has 0 radical (unpaired) electrons. The Balaban J connectivity index is 2.16. The molecule has 5 nitrogen and oxygen atoms in total. The van der Waals surface area contributed by atoms with Gasteiger partial charge < -0.3 is 16.0 Å². The van der Waals surface area contributed by atoms with Crippen LogP contribution in [-0.4, -0.2) is 48.5 Å². The Morgan fingerprint density at radius 3 is 2.68 bits per heavy atom. The number of amides is 2. The molecule has 1 atom stereocenters. The van der Waals surface area contributed by atoms with Gasteiger partial charge in [-0.05, 0) is 39.3 Å². The largest absolute Gasteiger partial charge is 0.354 e. The molecule has 0 saturated carbocycles. The van der Waals surface area contributed by atoms with E-state index in [1.165, 1.54) is 0 Å². The Morgan fingerprint density at radius 2 is 2.05 bits per heavy atom. The van der Waals surface area contributed by atoms with Crippen LogP contribution in [0.15, 0.2) is 0 Å². The summed E-state index contributed by atoms with van der Waals surface area (Å²) in [5, 5.41) is 9.38. The minimum atomic E-state index is -0.451. The van der Waals surface area contributed by atoms with E-state index in [4.69, 9.17) is 0 Å². The van der Waals surface area contributed by atoms with Crippen molar-refractivity contribution in [2.75, 3.05) is 25.4 Å². The first kappa shape index (κ1) is 16.3. The molecule has 1 fully saturated rings. The monoisotopic (exact) mass is 287 g/mol. The fourth-order valence-electron chi connectivity index (χ4n) is 1.91. The fourth-order valence-corrected chi connectivity index (χ4v) is 2.95. The lowest BCUT2D eigenvalue weighted by molar-refractivity contribution is -0.127. The molecule has 0 aliphatic carbocycles. The van der Waals surface area contributed by atoms with Crippen LogP contribution < -0.4 is 16.0 Å². The highest BCUT2D eigenvalue weighted by Gasteiger charge is 2.18. The van der Waals surface area contributed by atoms with Gasteiger partial charge in [0.2, 0.25) is 11.8 Å². The van der Waals surface area contributed by atoms with Crippen molar-refractivity contribution in [1.29, 1.82) is 0 Å². The number of rotatable bonds is 7. The number of carbonyl (C=O) groups is 2. The smallest absolute Gasteiger partial charge is 0.242 e. The molecule has 110 valence electrons. The lowest BCUT2D eigenvalue weighted by Gasteiger charge is -2.22. The SMILES string of the molecule is CCCNC(=O)C(C)NC(=O)CSC1CCNCC1. The minimum Gasteiger partial charge on any atom is -0.354 e. The zero-order valence-electron chi connectivity index (χ0n) is 11.8. The summed E-state index contributed by atoms with van der Waals surface area (Å²) in [6.07, 6.45) is 3.13. The second-order valence-electron chi connectivity index (χ2n) is 4.84. The van der Waals surface area contributed by atoms with Crippen LogP contribution in [0.1, 0.15) is 33.1 Å². The van der Waals surface area contributed by atoms with E-state index < -0.39 is 6.04 Å². The Morgan fingerprint density at radius 1 is 1.37 bits per heavy atom. The molecule has 3 N–H and O–H groups in total. The molecular weight excluding hydrogens is 262 g/mol. The third kappa shape index (κ3) is 6.82. The maximum Gasteiger partial charge on any atom is 0.242 e. The molecule has 1 aliphatic rings. The van der Waals surface area contributed by atoms with Gasteiger partial charge in [0.15, 0.2) is 0 Å². The number of piperidine rings is 1. The van der Waals surface area contributed by atoms with E-state index in [0.29, 0.717) is 17.5 Å². The number of hydrogen-bond acceptors (Lipinski definition) is 4. The number of nitrogens with one attached hydrogen (secondary N) is 3. The van der Waals surface area contributed by atoms with E-state index >= 15 is 0 Å². The summed E-state index contributed by atoms with van der Waals surface area (Å²) in [7, 11) is 0. The fraction of sp³-hybridized carbons (Fsp3) is 0.846. The molecule has 0 bridgehead atoms. The van der Waals surface area contributed by atoms with Gasteiger partial charge in [0.25, 0.3) is 0 Å². The highest BCUT2D eigenvalue weighted by Crippen LogP contribution is 2.19. The summed E-state index contributed by atoms with van der Waals surface area (Å²) >= 11 is 1.69. The molecule has 1 rings (SSSR count). The van der Waals surface area contributed by atoms with Crippen molar-refractivity contribution >= 4 is 23.6 Å². The molecule has 0 aromatic rings. The van der Waals surface area contributed by atoms with Crippen LogP contribution in [0, 0.1) is 0 Å².